The van der Waals surface area contributed by atoms with Gasteiger partial charge in [0.25, 0.3) is 0 Å². The van der Waals surface area contributed by atoms with Crippen LogP contribution in [0.15, 0.2) is 18.2 Å². The third kappa shape index (κ3) is 2.09. The quantitative estimate of drug-likeness (QED) is 0.789. The summed E-state index contributed by atoms with van der Waals surface area (Å²) in [6, 6.07) is 6.11. The molecule has 0 atom stereocenters. The summed E-state index contributed by atoms with van der Waals surface area (Å²) in [5.41, 5.74) is 2.71. The van der Waals surface area contributed by atoms with Crippen molar-refractivity contribution < 1.29 is 5.11 Å². The summed E-state index contributed by atoms with van der Waals surface area (Å²) in [5, 5.41) is 10.0. The van der Waals surface area contributed by atoms with Crippen molar-refractivity contribution in [2.75, 3.05) is 0 Å². The smallest absolute Gasteiger partial charge is 0.119 e. The number of rotatable bonds is 2. The Morgan fingerprint density at radius 3 is 2.50 bits per heavy atom. The average Bonchev–Trinajstić information content (AvgIpc) is 2.30. The second-order valence-corrected chi connectivity index (χ2v) is 5.33. The minimum atomic E-state index is 0.202. The summed E-state index contributed by atoms with van der Waals surface area (Å²) < 4.78 is 0. The molecule has 1 aromatic rings. The van der Waals surface area contributed by atoms with Crippen molar-refractivity contribution in [3.8, 4) is 5.75 Å². The Morgan fingerprint density at radius 2 is 1.88 bits per heavy atom. The number of phenolic OH excluding ortho intramolecular Hbond substituents is 1. The van der Waals surface area contributed by atoms with Gasteiger partial charge in [-0.25, -0.2) is 0 Å². The van der Waals surface area contributed by atoms with Gasteiger partial charge in [0, 0.05) is 5.56 Å². The molecule has 0 aliphatic heterocycles. The van der Waals surface area contributed by atoms with Crippen molar-refractivity contribution in [2.24, 2.45) is 0 Å². The summed E-state index contributed by atoms with van der Waals surface area (Å²) in [6.07, 6.45) is 7.42. The standard InChI is InChI=1S/C15H22O/c1-3-12-7-8-14(16)13(11-12)15(2)9-5-4-6-10-15/h7-8,11,16H,3-6,9-10H2,1-2H3. The van der Waals surface area contributed by atoms with E-state index in [0.717, 1.165) is 6.42 Å². The van der Waals surface area contributed by atoms with Crippen molar-refractivity contribution in [2.45, 2.75) is 57.8 Å². The highest BCUT2D eigenvalue weighted by atomic mass is 16.3. The molecular weight excluding hydrogens is 196 g/mol. The molecule has 0 spiro atoms. The highest BCUT2D eigenvalue weighted by molar-refractivity contribution is 5.41. The number of phenols is 1. The van der Waals surface area contributed by atoms with Gasteiger partial charge >= 0.3 is 0 Å². The maximum atomic E-state index is 10.0. The Bertz CT molecular complexity index is 362. The number of aromatic hydroxyl groups is 1. The van der Waals surface area contributed by atoms with Crippen molar-refractivity contribution in [3.63, 3.8) is 0 Å². The molecule has 0 bridgehead atoms. The SMILES string of the molecule is CCc1ccc(O)c(C2(C)CCCCC2)c1. The van der Waals surface area contributed by atoms with Gasteiger partial charge in [0.1, 0.15) is 5.75 Å². The zero-order valence-electron chi connectivity index (χ0n) is 10.4. The zero-order valence-corrected chi connectivity index (χ0v) is 10.4. The van der Waals surface area contributed by atoms with E-state index in [-0.39, 0.29) is 5.41 Å². The van der Waals surface area contributed by atoms with Crippen LogP contribution in [0.2, 0.25) is 0 Å². The molecule has 16 heavy (non-hydrogen) atoms. The van der Waals surface area contributed by atoms with E-state index in [1.807, 2.05) is 12.1 Å². The molecule has 1 fully saturated rings. The molecule has 0 radical (unpaired) electrons. The van der Waals surface area contributed by atoms with Gasteiger partial charge in [-0.1, -0.05) is 45.2 Å². The Balaban J connectivity index is 2.37. The Kier molecular flexibility index (Phi) is 3.22. The molecule has 1 aliphatic carbocycles. The second kappa shape index (κ2) is 4.48. The lowest BCUT2D eigenvalue weighted by Gasteiger charge is -2.34. The lowest BCUT2D eigenvalue weighted by atomic mass is 9.70. The third-order valence-electron chi connectivity index (χ3n) is 4.08. The Morgan fingerprint density at radius 1 is 1.19 bits per heavy atom. The van der Waals surface area contributed by atoms with Crippen LogP contribution in [0.3, 0.4) is 0 Å². The first kappa shape index (κ1) is 11.5. The van der Waals surface area contributed by atoms with Gasteiger partial charge in [0.15, 0.2) is 0 Å². The normalized spacial score (nSPS) is 19.6. The van der Waals surface area contributed by atoms with Gasteiger partial charge < -0.3 is 5.11 Å². The molecule has 1 aliphatic rings. The van der Waals surface area contributed by atoms with Crippen LogP contribution in [0.5, 0.6) is 5.75 Å². The zero-order chi connectivity index (χ0) is 11.6. The number of benzene rings is 1. The summed E-state index contributed by atoms with van der Waals surface area (Å²) in [5.74, 6) is 0.488. The first-order chi connectivity index (χ1) is 7.65. The highest BCUT2D eigenvalue weighted by Crippen LogP contribution is 2.42. The molecule has 88 valence electrons. The van der Waals surface area contributed by atoms with Gasteiger partial charge in [-0.3, -0.25) is 0 Å². The van der Waals surface area contributed by atoms with E-state index in [2.05, 4.69) is 19.9 Å². The van der Waals surface area contributed by atoms with Gasteiger partial charge in [-0.05, 0) is 36.3 Å². The highest BCUT2D eigenvalue weighted by Gasteiger charge is 2.31. The molecule has 1 saturated carbocycles. The van der Waals surface area contributed by atoms with Crippen LogP contribution >= 0.6 is 0 Å². The van der Waals surface area contributed by atoms with Gasteiger partial charge in [-0.15, -0.1) is 0 Å². The molecule has 1 aromatic carbocycles. The Hall–Kier alpha value is -0.980. The monoisotopic (exact) mass is 218 g/mol. The predicted octanol–water partition coefficient (Wildman–Crippen LogP) is 4.18. The Labute approximate surface area is 98.5 Å². The molecular formula is C15H22O. The molecule has 2 rings (SSSR count). The van der Waals surface area contributed by atoms with Crippen LogP contribution in [0, 0.1) is 0 Å². The number of hydrogen-bond donors (Lipinski definition) is 1. The summed E-state index contributed by atoms with van der Waals surface area (Å²) in [4.78, 5) is 0. The van der Waals surface area contributed by atoms with E-state index in [1.165, 1.54) is 43.2 Å². The van der Waals surface area contributed by atoms with E-state index in [0.29, 0.717) is 5.75 Å². The van der Waals surface area contributed by atoms with Gasteiger partial charge in [0.05, 0.1) is 0 Å². The molecule has 1 N–H and O–H groups in total. The minimum Gasteiger partial charge on any atom is -0.508 e. The fourth-order valence-corrected chi connectivity index (χ4v) is 2.89. The maximum Gasteiger partial charge on any atom is 0.119 e. The van der Waals surface area contributed by atoms with Crippen molar-refractivity contribution in [1.82, 2.24) is 0 Å². The van der Waals surface area contributed by atoms with Crippen LogP contribution in [-0.2, 0) is 11.8 Å². The largest absolute Gasteiger partial charge is 0.508 e. The minimum absolute atomic E-state index is 0.202. The first-order valence-electron chi connectivity index (χ1n) is 6.48. The van der Waals surface area contributed by atoms with E-state index < -0.39 is 0 Å². The predicted molar refractivity (Wildman–Crippen MR) is 67.9 cm³/mol. The molecule has 0 aromatic heterocycles. The second-order valence-electron chi connectivity index (χ2n) is 5.33. The fraction of sp³-hybridized carbons (Fsp3) is 0.600. The van der Waals surface area contributed by atoms with Crippen LogP contribution in [-0.4, -0.2) is 5.11 Å². The van der Waals surface area contributed by atoms with Crippen LogP contribution in [0.25, 0.3) is 0 Å². The van der Waals surface area contributed by atoms with Crippen molar-refractivity contribution in [1.29, 1.82) is 0 Å². The number of hydrogen-bond acceptors (Lipinski definition) is 1. The summed E-state index contributed by atoms with van der Waals surface area (Å²) in [7, 11) is 0. The molecule has 0 unspecified atom stereocenters. The van der Waals surface area contributed by atoms with Gasteiger partial charge in [0.2, 0.25) is 0 Å². The van der Waals surface area contributed by atoms with Crippen molar-refractivity contribution >= 4 is 0 Å². The topological polar surface area (TPSA) is 20.2 Å². The lowest BCUT2D eigenvalue weighted by Crippen LogP contribution is -2.25. The van der Waals surface area contributed by atoms with E-state index in [4.69, 9.17) is 0 Å². The number of aryl methyl sites for hydroxylation is 1. The van der Waals surface area contributed by atoms with Crippen LogP contribution in [0.4, 0.5) is 0 Å². The summed E-state index contributed by atoms with van der Waals surface area (Å²) in [6.45, 7) is 4.47. The van der Waals surface area contributed by atoms with E-state index in [1.54, 1.807) is 0 Å². The molecule has 0 amide bonds. The lowest BCUT2D eigenvalue weighted by molar-refractivity contribution is 0.308. The third-order valence-corrected chi connectivity index (χ3v) is 4.08. The average molecular weight is 218 g/mol. The van der Waals surface area contributed by atoms with Crippen LogP contribution in [0.1, 0.15) is 57.1 Å². The van der Waals surface area contributed by atoms with Gasteiger partial charge in [-0.2, -0.15) is 0 Å². The first-order valence-corrected chi connectivity index (χ1v) is 6.48. The molecule has 0 saturated heterocycles. The van der Waals surface area contributed by atoms with Crippen LogP contribution < -0.4 is 0 Å². The van der Waals surface area contributed by atoms with Crippen molar-refractivity contribution in [3.05, 3.63) is 29.3 Å². The molecule has 1 heteroatoms. The molecule has 0 heterocycles. The molecule has 1 nitrogen and oxygen atoms in total. The summed E-state index contributed by atoms with van der Waals surface area (Å²) >= 11 is 0. The van der Waals surface area contributed by atoms with E-state index in [9.17, 15) is 5.11 Å². The fourth-order valence-electron chi connectivity index (χ4n) is 2.89. The van der Waals surface area contributed by atoms with E-state index >= 15 is 0 Å². The maximum absolute atomic E-state index is 10.0.